The Hall–Kier alpha value is -1.21. The lowest BCUT2D eigenvalue weighted by molar-refractivity contribution is -0.141. The SMILES string of the molecule is C[C@H](O)[C@H](O)[C@@H](O)[C@H](O)/C=C/[C@H]1CC=CC(=O)O1. The average molecular weight is 258 g/mol. The van der Waals surface area contributed by atoms with Crippen LogP contribution in [0.1, 0.15) is 13.3 Å². The molecule has 0 saturated heterocycles. The number of hydrogen-bond acceptors (Lipinski definition) is 6. The number of ether oxygens (including phenoxy) is 1. The van der Waals surface area contributed by atoms with Crippen LogP contribution in [0.2, 0.25) is 0 Å². The molecule has 0 radical (unpaired) electrons. The van der Waals surface area contributed by atoms with Gasteiger partial charge in [0.1, 0.15) is 24.4 Å². The zero-order chi connectivity index (χ0) is 13.7. The van der Waals surface area contributed by atoms with Crippen molar-refractivity contribution < 1.29 is 30.0 Å². The Morgan fingerprint density at radius 3 is 2.56 bits per heavy atom. The first-order valence-corrected chi connectivity index (χ1v) is 5.69. The molecule has 0 saturated carbocycles. The monoisotopic (exact) mass is 258 g/mol. The van der Waals surface area contributed by atoms with Gasteiger partial charge < -0.3 is 25.2 Å². The van der Waals surface area contributed by atoms with Crippen LogP contribution < -0.4 is 0 Å². The molecule has 0 spiro atoms. The molecule has 0 aromatic rings. The smallest absolute Gasteiger partial charge is 0.331 e. The maximum atomic E-state index is 10.9. The minimum atomic E-state index is -1.50. The number of rotatable bonds is 5. The maximum Gasteiger partial charge on any atom is 0.331 e. The van der Waals surface area contributed by atoms with Crippen LogP contribution in [0.3, 0.4) is 0 Å². The van der Waals surface area contributed by atoms with Crippen LogP contribution in [0.25, 0.3) is 0 Å². The van der Waals surface area contributed by atoms with E-state index < -0.39 is 36.5 Å². The number of hydrogen-bond donors (Lipinski definition) is 4. The molecule has 4 N–H and O–H groups in total. The number of cyclic esters (lactones) is 1. The van der Waals surface area contributed by atoms with Crippen molar-refractivity contribution in [3.8, 4) is 0 Å². The second-order valence-electron chi connectivity index (χ2n) is 4.21. The van der Waals surface area contributed by atoms with Gasteiger partial charge in [-0.3, -0.25) is 0 Å². The summed E-state index contributed by atoms with van der Waals surface area (Å²) in [6, 6.07) is 0. The normalized spacial score (nSPS) is 26.7. The van der Waals surface area contributed by atoms with Gasteiger partial charge in [0.25, 0.3) is 0 Å². The van der Waals surface area contributed by atoms with Crippen molar-refractivity contribution in [2.75, 3.05) is 0 Å². The molecule has 0 aliphatic carbocycles. The Morgan fingerprint density at radius 1 is 1.33 bits per heavy atom. The molecular formula is C12H18O6. The van der Waals surface area contributed by atoms with Gasteiger partial charge >= 0.3 is 5.97 Å². The van der Waals surface area contributed by atoms with Gasteiger partial charge in [-0.25, -0.2) is 4.79 Å². The van der Waals surface area contributed by atoms with E-state index in [0.717, 1.165) is 0 Å². The number of aliphatic hydroxyl groups is 4. The first kappa shape index (κ1) is 14.8. The van der Waals surface area contributed by atoms with Crippen molar-refractivity contribution in [2.24, 2.45) is 0 Å². The lowest BCUT2D eigenvalue weighted by atomic mass is 10.0. The Morgan fingerprint density at radius 2 is 2.00 bits per heavy atom. The summed E-state index contributed by atoms with van der Waals surface area (Å²) >= 11 is 0. The van der Waals surface area contributed by atoms with Crippen LogP contribution in [0.4, 0.5) is 0 Å². The van der Waals surface area contributed by atoms with Gasteiger partial charge in [-0.05, 0) is 13.0 Å². The fourth-order valence-corrected chi connectivity index (χ4v) is 1.49. The van der Waals surface area contributed by atoms with E-state index >= 15 is 0 Å². The van der Waals surface area contributed by atoms with E-state index in [4.69, 9.17) is 9.84 Å². The lowest BCUT2D eigenvalue weighted by Gasteiger charge is -2.23. The van der Waals surface area contributed by atoms with Crippen molar-refractivity contribution in [1.29, 1.82) is 0 Å². The van der Waals surface area contributed by atoms with E-state index in [-0.39, 0.29) is 0 Å². The molecule has 0 amide bonds. The predicted octanol–water partition coefficient (Wildman–Crippen LogP) is -1.12. The third-order valence-corrected chi connectivity index (χ3v) is 2.61. The van der Waals surface area contributed by atoms with E-state index in [1.807, 2.05) is 0 Å². The molecule has 0 bridgehead atoms. The molecule has 1 aliphatic heterocycles. The summed E-state index contributed by atoms with van der Waals surface area (Å²) in [5.41, 5.74) is 0. The standard InChI is InChI=1S/C12H18O6/c1-7(13)11(16)12(17)9(14)6-5-8-3-2-4-10(15)18-8/h2,4-9,11-14,16-17H,3H2,1H3/b6-5+/t7-,8+,9+,11-,12-/m0/s1. The maximum absolute atomic E-state index is 10.9. The summed E-state index contributed by atoms with van der Waals surface area (Å²) < 4.78 is 4.91. The summed E-state index contributed by atoms with van der Waals surface area (Å²) in [4.78, 5) is 10.9. The summed E-state index contributed by atoms with van der Waals surface area (Å²) in [7, 11) is 0. The Bertz CT molecular complexity index is 335. The largest absolute Gasteiger partial charge is 0.455 e. The summed E-state index contributed by atoms with van der Waals surface area (Å²) in [5.74, 6) is -0.463. The number of carbonyl (C=O) groups is 1. The molecule has 0 aromatic carbocycles. The second-order valence-corrected chi connectivity index (χ2v) is 4.21. The molecule has 0 unspecified atom stereocenters. The molecule has 6 nitrogen and oxygen atoms in total. The van der Waals surface area contributed by atoms with Crippen LogP contribution in [0, 0.1) is 0 Å². The van der Waals surface area contributed by atoms with E-state index in [1.165, 1.54) is 25.2 Å². The van der Waals surface area contributed by atoms with Gasteiger partial charge in [0.05, 0.1) is 6.10 Å². The molecule has 18 heavy (non-hydrogen) atoms. The van der Waals surface area contributed by atoms with Crippen LogP contribution >= 0.6 is 0 Å². The van der Waals surface area contributed by atoms with E-state index in [2.05, 4.69) is 0 Å². The Balaban J connectivity index is 2.51. The Kier molecular flexibility index (Phi) is 5.49. The zero-order valence-corrected chi connectivity index (χ0v) is 10.0. The van der Waals surface area contributed by atoms with Crippen LogP contribution in [-0.2, 0) is 9.53 Å². The quantitative estimate of drug-likeness (QED) is 0.367. The van der Waals surface area contributed by atoms with Crippen molar-refractivity contribution in [2.45, 2.75) is 43.9 Å². The molecular weight excluding hydrogens is 240 g/mol. The molecule has 6 heteroatoms. The molecule has 0 aromatic heterocycles. The van der Waals surface area contributed by atoms with Crippen LogP contribution in [0.5, 0.6) is 0 Å². The number of esters is 1. The molecule has 102 valence electrons. The summed E-state index contributed by atoms with van der Waals surface area (Å²) in [5, 5.41) is 37.5. The van der Waals surface area contributed by atoms with Crippen LogP contribution in [-0.4, -0.2) is 56.9 Å². The summed E-state index contributed by atoms with van der Waals surface area (Å²) in [6.45, 7) is 1.30. The Labute approximate surface area is 105 Å². The van der Waals surface area contributed by atoms with Crippen molar-refractivity contribution in [3.63, 3.8) is 0 Å². The summed E-state index contributed by atoms with van der Waals surface area (Å²) in [6.07, 6.45) is 0.169. The van der Waals surface area contributed by atoms with E-state index in [9.17, 15) is 20.1 Å². The predicted molar refractivity (Wildman–Crippen MR) is 62.5 cm³/mol. The zero-order valence-electron chi connectivity index (χ0n) is 10.0. The highest BCUT2D eigenvalue weighted by Crippen LogP contribution is 2.11. The van der Waals surface area contributed by atoms with Gasteiger partial charge in [0.15, 0.2) is 0 Å². The van der Waals surface area contributed by atoms with Crippen molar-refractivity contribution in [1.82, 2.24) is 0 Å². The number of carbonyl (C=O) groups excluding carboxylic acids is 1. The first-order valence-electron chi connectivity index (χ1n) is 5.69. The van der Waals surface area contributed by atoms with Gasteiger partial charge in [0.2, 0.25) is 0 Å². The van der Waals surface area contributed by atoms with E-state index in [0.29, 0.717) is 6.42 Å². The highest BCUT2D eigenvalue weighted by atomic mass is 16.5. The fraction of sp³-hybridized carbons (Fsp3) is 0.583. The topological polar surface area (TPSA) is 107 Å². The molecule has 0 fully saturated rings. The fourth-order valence-electron chi connectivity index (χ4n) is 1.49. The van der Waals surface area contributed by atoms with E-state index in [1.54, 1.807) is 6.08 Å². The lowest BCUT2D eigenvalue weighted by Crippen LogP contribution is -2.42. The minimum absolute atomic E-state index is 0.463. The van der Waals surface area contributed by atoms with Gasteiger partial charge in [-0.2, -0.15) is 0 Å². The minimum Gasteiger partial charge on any atom is -0.455 e. The molecule has 1 aliphatic rings. The van der Waals surface area contributed by atoms with Crippen LogP contribution in [0.15, 0.2) is 24.3 Å². The molecule has 1 heterocycles. The highest BCUT2D eigenvalue weighted by molar-refractivity contribution is 5.82. The van der Waals surface area contributed by atoms with Gasteiger partial charge in [-0.1, -0.05) is 12.2 Å². The third-order valence-electron chi connectivity index (χ3n) is 2.61. The average Bonchev–Trinajstić information content (AvgIpc) is 2.34. The van der Waals surface area contributed by atoms with Crippen molar-refractivity contribution in [3.05, 3.63) is 24.3 Å². The second kappa shape index (κ2) is 6.65. The first-order chi connectivity index (χ1) is 8.41. The molecule has 5 atom stereocenters. The van der Waals surface area contributed by atoms with Gasteiger partial charge in [0, 0.05) is 12.5 Å². The van der Waals surface area contributed by atoms with Crippen molar-refractivity contribution >= 4 is 5.97 Å². The molecule has 1 rings (SSSR count). The highest BCUT2D eigenvalue weighted by Gasteiger charge is 2.26. The van der Waals surface area contributed by atoms with Gasteiger partial charge in [-0.15, -0.1) is 0 Å². The third kappa shape index (κ3) is 4.23. The number of aliphatic hydroxyl groups excluding tert-OH is 4.